The molecule has 0 unspecified atom stereocenters. The molecule has 3 rings (SSSR count). The van der Waals surface area contributed by atoms with E-state index in [0.29, 0.717) is 0 Å². The highest BCUT2D eigenvalue weighted by Gasteiger charge is 2.08. The summed E-state index contributed by atoms with van der Waals surface area (Å²) in [6.45, 7) is 0. The van der Waals surface area contributed by atoms with Gasteiger partial charge >= 0.3 is 0 Å². The lowest BCUT2D eigenvalue weighted by Gasteiger charge is -2.09. The highest BCUT2D eigenvalue weighted by molar-refractivity contribution is 5.40. The first-order valence-electron chi connectivity index (χ1n) is 5.16. The molecule has 1 aromatic rings. The summed E-state index contributed by atoms with van der Waals surface area (Å²) >= 11 is 0. The van der Waals surface area contributed by atoms with Crippen LogP contribution in [0.5, 0.6) is 0 Å². The zero-order valence-corrected chi connectivity index (χ0v) is 8.03. The highest BCUT2D eigenvalue weighted by atomic mass is 14.8. The normalized spacial score (nSPS) is 17.7. The van der Waals surface area contributed by atoms with Crippen molar-refractivity contribution < 1.29 is 0 Å². The van der Waals surface area contributed by atoms with E-state index in [-0.39, 0.29) is 0 Å². The summed E-state index contributed by atoms with van der Waals surface area (Å²) in [5, 5.41) is 2.19. The van der Waals surface area contributed by atoms with E-state index >= 15 is 0 Å². The van der Waals surface area contributed by atoms with Crippen molar-refractivity contribution in [3.05, 3.63) is 34.2 Å². The van der Waals surface area contributed by atoms with E-state index in [1.165, 1.54) is 12.1 Å². The molecule has 2 aliphatic carbocycles. The van der Waals surface area contributed by atoms with Gasteiger partial charge in [-0.2, -0.15) is 0 Å². The molecule has 0 aromatic carbocycles. The van der Waals surface area contributed by atoms with Crippen LogP contribution in [0.2, 0.25) is 0 Å². The molecule has 0 atom stereocenters. The number of rotatable bonds is 0. The van der Waals surface area contributed by atoms with Crippen molar-refractivity contribution in [3.63, 3.8) is 0 Å². The first-order chi connectivity index (χ1) is 6.93. The third-order valence-corrected chi connectivity index (χ3v) is 2.76. The number of hydrogen-bond acceptors (Lipinski definition) is 2. The van der Waals surface area contributed by atoms with Crippen molar-refractivity contribution in [3.8, 4) is 0 Å². The van der Waals surface area contributed by atoms with Crippen LogP contribution in [0, 0.1) is 0 Å². The Hall–Kier alpha value is -1.44. The number of allylic oxidation sites excluding steroid dienone is 2. The minimum absolute atomic E-state index is 0.931. The summed E-state index contributed by atoms with van der Waals surface area (Å²) in [4.78, 5) is 9.31. The molecule has 0 saturated carbocycles. The second-order valence-electron chi connectivity index (χ2n) is 3.78. The summed E-state index contributed by atoms with van der Waals surface area (Å²) in [6, 6.07) is 0. The van der Waals surface area contributed by atoms with E-state index in [0.717, 1.165) is 35.7 Å². The van der Waals surface area contributed by atoms with E-state index in [1.54, 1.807) is 0 Å². The van der Waals surface area contributed by atoms with Crippen molar-refractivity contribution in [2.24, 2.45) is 0 Å². The van der Waals surface area contributed by atoms with Crippen LogP contribution in [0.25, 0.3) is 12.2 Å². The highest BCUT2D eigenvalue weighted by Crippen LogP contribution is 2.03. The summed E-state index contributed by atoms with van der Waals surface area (Å²) in [5.74, 6) is 0. The fourth-order valence-electron chi connectivity index (χ4n) is 2.01. The monoisotopic (exact) mass is 184 g/mol. The molecular weight excluding hydrogens is 172 g/mol. The lowest BCUT2D eigenvalue weighted by Crippen LogP contribution is -2.30. The molecule has 0 spiro atoms. The lowest BCUT2D eigenvalue weighted by atomic mass is 10.1. The predicted molar refractivity (Wildman–Crippen MR) is 56.0 cm³/mol. The van der Waals surface area contributed by atoms with E-state index in [1.807, 2.05) is 0 Å². The van der Waals surface area contributed by atoms with Crippen LogP contribution in [0.15, 0.2) is 12.2 Å². The van der Waals surface area contributed by atoms with E-state index in [2.05, 4.69) is 34.3 Å². The number of aryl methyl sites for hydroxylation is 1. The SMILES string of the molecule is C1=CCc2nc3c(nc2=C1)CCCC=3. The van der Waals surface area contributed by atoms with Gasteiger partial charge in [0.05, 0.1) is 22.1 Å². The maximum Gasteiger partial charge on any atom is 0.0852 e. The Morgan fingerprint density at radius 3 is 3.00 bits per heavy atom. The number of aromatic nitrogens is 2. The standard InChI is InChI=1S/C12H12N2/c1-2-6-10-9(5-1)13-11-7-3-4-8-12(11)14-10/h1-2,5,8H,3-4,6-7H2. The van der Waals surface area contributed by atoms with Crippen LogP contribution in [-0.4, -0.2) is 9.97 Å². The Labute approximate surface area is 82.7 Å². The fourth-order valence-corrected chi connectivity index (χ4v) is 2.01. The van der Waals surface area contributed by atoms with Gasteiger partial charge in [-0.15, -0.1) is 0 Å². The van der Waals surface area contributed by atoms with Gasteiger partial charge < -0.3 is 0 Å². The average molecular weight is 184 g/mol. The largest absolute Gasteiger partial charge is 0.249 e. The molecule has 14 heavy (non-hydrogen) atoms. The first-order valence-corrected chi connectivity index (χ1v) is 5.16. The molecular formula is C12H12N2. The summed E-state index contributed by atoms with van der Waals surface area (Å²) in [6.07, 6.45) is 12.9. The number of fused-ring (bicyclic) bond motifs is 2. The Balaban J connectivity index is 2.32. The Morgan fingerprint density at radius 1 is 1.07 bits per heavy atom. The Kier molecular flexibility index (Phi) is 1.72. The van der Waals surface area contributed by atoms with Crippen molar-refractivity contribution >= 4 is 12.2 Å². The Bertz CT molecular complexity index is 512. The molecule has 0 bridgehead atoms. The van der Waals surface area contributed by atoms with E-state index < -0.39 is 0 Å². The average Bonchev–Trinajstić information content (AvgIpc) is 2.26. The van der Waals surface area contributed by atoms with Gasteiger partial charge in [-0.25, -0.2) is 9.97 Å². The van der Waals surface area contributed by atoms with Gasteiger partial charge in [0, 0.05) is 6.42 Å². The topological polar surface area (TPSA) is 25.8 Å². The van der Waals surface area contributed by atoms with Crippen molar-refractivity contribution in [2.75, 3.05) is 0 Å². The molecule has 0 radical (unpaired) electrons. The molecule has 0 fully saturated rings. The molecule has 0 aliphatic heterocycles. The molecule has 0 N–H and O–H groups in total. The molecule has 0 amide bonds. The van der Waals surface area contributed by atoms with Crippen LogP contribution < -0.4 is 10.7 Å². The second kappa shape index (κ2) is 3.05. The molecule has 0 saturated heterocycles. The van der Waals surface area contributed by atoms with Gasteiger partial charge in [0.25, 0.3) is 0 Å². The predicted octanol–water partition coefficient (Wildman–Crippen LogP) is 0.486. The summed E-state index contributed by atoms with van der Waals surface area (Å²) in [5.41, 5.74) is 2.31. The maximum atomic E-state index is 4.65. The van der Waals surface area contributed by atoms with Crippen LogP contribution in [0.1, 0.15) is 24.2 Å². The van der Waals surface area contributed by atoms with E-state index in [9.17, 15) is 0 Å². The van der Waals surface area contributed by atoms with Crippen LogP contribution in [0.4, 0.5) is 0 Å². The summed E-state index contributed by atoms with van der Waals surface area (Å²) < 4.78 is 0. The van der Waals surface area contributed by atoms with E-state index in [4.69, 9.17) is 0 Å². The molecule has 2 heteroatoms. The van der Waals surface area contributed by atoms with Gasteiger partial charge in [-0.3, -0.25) is 0 Å². The zero-order chi connectivity index (χ0) is 9.38. The van der Waals surface area contributed by atoms with Crippen molar-refractivity contribution in [1.29, 1.82) is 0 Å². The minimum Gasteiger partial charge on any atom is -0.249 e. The van der Waals surface area contributed by atoms with Gasteiger partial charge in [0.2, 0.25) is 0 Å². The summed E-state index contributed by atoms with van der Waals surface area (Å²) in [7, 11) is 0. The third-order valence-electron chi connectivity index (χ3n) is 2.76. The van der Waals surface area contributed by atoms with Gasteiger partial charge in [-0.05, 0) is 25.3 Å². The molecule has 70 valence electrons. The zero-order valence-electron chi connectivity index (χ0n) is 8.03. The Morgan fingerprint density at radius 2 is 2.00 bits per heavy atom. The van der Waals surface area contributed by atoms with Crippen molar-refractivity contribution in [2.45, 2.75) is 25.7 Å². The number of hydrogen-bond donors (Lipinski definition) is 0. The molecule has 1 aromatic heterocycles. The van der Waals surface area contributed by atoms with Crippen molar-refractivity contribution in [1.82, 2.24) is 9.97 Å². The third kappa shape index (κ3) is 1.18. The molecule has 2 aliphatic rings. The molecule has 2 nitrogen and oxygen atoms in total. The van der Waals surface area contributed by atoms with Gasteiger partial charge in [0.1, 0.15) is 0 Å². The lowest BCUT2D eigenvalue weighted by molar-refractivity contribution is 0.771. The second-order valence-corrected chi connectivity index (χ2v) is 3.78. The quantitative estimate of drug-likeness (QED) is 0.586. The minimum atomic E-state index is 0.931. The van der Waals surface area contributed by atoms with Crippen LogP contribution in [-0.2, 0) is 12.8 Å². The van der Waals surface area contributed by atoms with Crippen LogP contribution >= 0.6 is 0 Å². The number of nitrogens with zero attached hydrogens (tertiary/aromatic N) is 2. The van der Waals surface area contributed by atoms with Gasteiger partial charge in [0.15, 0.2) is 0 Å². The fraction of sp³-hybridized carbons (Fsp3) is 0.333. The van der Waals surface area contributed by atoms with Crippen LogP contribution in [0.3, 0.4) is 0 Å². The maximum absolute atomic E-state index is 4.65. The molecule has 1 heterocycles. The van der Waals surface area contributed by atoms with Gasteiger partial charge in [-0.1, -0.05) is 18.2 Å². The first kappa shape index (κ1) is 7.92. The smallest absolute Gasteiger partial charge is 0.0852 e.